The Bertz CT molecular complexity index is 67.4. The van der Waals surface area contributed by atoms with Crippen molar-refractivity contribution in [2.24, 2.45) is 0 Å². The Balaban J connectivity index is 0. The van der Waals surface area contributed by atoms with E-state index in [1.54, 1.807) is 6.92 Å². The van der Waals surface area contributed by atoms with Gasteiger partial charge in [-0.05, 0) is 21.0 Å². The monoisotopic (exact) mass is 149 g/mol. The van der Waals surface area contributed by atoms with Crippen molar-refractivity contribution < 1.29 is 15.0 Å². The Morgan fingerprint density at radius 2 is 1.90 bits per heavy atom. The van der Waals surface area contributed by atoms with E-state index in [0.29, 0.717) is 0 Å². The van der Waals surface area contributed by atoms with Crippen molar-refractivity contribution in [2.75, 3.05) is 20.6 Å². The number of hydrogen-bond donors (Lipinski definition) is 2. The summed E-state index contributed by atoms with van der Waals surface area (Å²) in [5.74, 6) is 0. The lowest BCUT2D eigenvalue weighted by molar-refractivity contribution is -0.122. The minimum Gasteiger partial charge on any atom is -0.483 e. The first-order chi connectivity index (χ1) is 4.54. The van der Waals surface area contributed by atoms with Gasteiger partial charge < -0.3 is 15.1 Å². The average Bonchev–Trinajstić information content (AvgIpc) is 1.62. The third kappa shape index (κ3) is 26.3. The molecule has 0 heterocycles. The molecule has 0 saturated heterocycles. The van der Waals surface area contributed by atoms with Gasteiger partial charge in [0.1, 0.15) is 0 Å². The molecule has 2 N–H and O–H groups in total. The van der Waals surface area contributed by atoms with E-state index < -0.39 is 0 Å². The molecule has 0 fully saturated rings. The van der Waals surface area contributed by atoms with E-state index in [-0.39, 0.29) is 12.6 Å². The summed E-state index contributed by atoms with van der Waals surface area (Å²) in [6.45, 7) is 2.28. The second kappa shape index (κ2) is 8.39. The highest BCUT2D eigenvalue weighted by atomic mass is 16.3. The lowest BCUT2D eigenvalue weighted by Gasteiger charge is -2.10. The van der Waals surface area contributed by atoms with E-state index in [2.05, 4.69) is 0 Å². The topological polar surface area (TPSA) is 60.8 Å². The zero-order chi connectivity index (χ0) is 8.57. The van der Waals surface area contributed by atoms with Crippen molar-refractivity contribution in [1.29, 1.82) is 0 Å². The van der Waals surface area contributed by atoms with Crippen LogP contribution in [-0.2, 0) is 4.79 Å². The smallest absolute Gasteiger partial charge is 0.290 e. The van der Waals surface area contributed by atoms with E-state index in [1.165, 1.54) is 0 Å². The molecule has 0 amide bonds. The normalized spacial score (nSPS) is 11.7. The van der Waals surface area contributed by atoms with E-state index in [9.17, 15) is 0 Å². The van der Waals surface area contributed by atoms with E-state index in [4.69, 9.17) is 15.0 Å². The van der Waals surface area contributed by atoms with Crippen LogP contribution in [0.3, 0.4) is 0 Å². The van der Waals surface area contributed by atoms with E-state index >= 15 is 0 Å². The van der Waals surface area contributed by atoms with Gasteiger partial charge in [-0.2, -0.15) is 0 Å². The number of rotatable bonds is 2. The van der Waals surface area contributed by atoms with Crippen LogP contribution in [0, 0.1) is 0 Å². The van der Waals surface area contributed by atoms with E-state index in [1.807, 2.05) is 19.0 Å². The van der Waals surface area contributed by atoms with Crippen molar-refractivity contribution in [3.63, 3.8) is 0 Å². The summed E-state index contributed by atoms with van der Waals surface area (Å²) >= 11 is 0. The molecule has 62 valence electrons. The van der Waals surface area contributed by atoms with Crippen LogP contribution >= 0.6 is 0 Å². The molecule has 0 aliphatic carbocycles. The second-order valence-corrected chi connectivity index (χ2v) is 2.22. The van der Waals surface area contributed by atoms with Gasteiger partial charge in [0.25, 0.3) is 6.47 Å². The SMILES string of the molecule is CC(O)CN(C)C.O=CO. The fraction of sp³-hybridized carbons (Fsp3) is 0.833. The molecule has 0 bridgehead atoms. The van der Waals surface area contributed by atoms with Crippen molar-refractivity contribution in [3.05, 3.63) is 0 Å². The highest BCUT2D eigenvalue weighted by Gasteiger charge is 1.93. The van der Waals surface area contributed by atoms with Gasteiger partial charge in [0.2, 0.25) is 0 Å². The van der Waals surface area contributed by atoms with Crippen molar-refractivity contribution in [2.45, 2.75) is 13.0 Å². The Labute approximate surface area is 61.1 Å². The second-order valence-electron chi connectivity index (χ2n) is 2.22. The summed E-state index contributed by atoms with van der Waals surface area (Å²) in [4.78, 5) is 10.3. The van der Waals surface area contributed by atoms with Crippen LogP contribution in [0.15, 0.2) is 0 Å². The molecule has 0 aromatic rings. The average molecular weight is 149 g/mol. The van der Waals surface area contributed by atoms with Gasteiger partial charge in [-0.1, -0.05) is 0 Å². The molecule has 0 radical (unpaired) electrons. The minimum absolute atomic E-state index is 0.199. The molecule has 0 aromatic heterocycles. The summed E-state index contributed by atoms with van der Waals surface area (Å²) in [5.41, 5.74) is 0. The van der Waals surface area contributed by atoms with Crippen LogP contribution in [0.4, 0.5) is 0 Å². The summed E-state index contributed by atoms with van der Waals surface area (Å²) in [6, 6.07) is 0. The molecule has 4 heteroatoms. The molecule has 0 rings (SSSR count). The van der Waals surface area contributed by atoms with Gasteiger partial charge in [-0.25, -0.2) is 0 Å². The quantitative estimate of drug-likeness (QED) is 0.526. The summed E-state index contributed by atoms with van der Waals surface area (Å²) < 4.78 is 0. The Hall–Kier alpha value is -0.610. The number of carboxylic acid groups (broad SMARTS) is 1. The maximum atomic E-state index is 8.68. The highest BCUT2D eigenvalue weighted by molar-refractivity contribution is 5.32. The molecule has 0 spiro atoms. The highest BCUT2D eigenvalue weighted by Crippen LogP contribution is 1.80. The maximum absolute atomic E-state index is 8.68. The van der Waals surface area contributed by atoms with Crippen LogP contribution in [-0.4, -0.2) is 48.3 Å². The zero-order valence-electron chi connectivity index (χ0n) is 6.61. The van der Waals surface area contributed by atoms with Gasteiger partial charge in [0.15, 0.2) is 0 Å². The maximum Gasteiger partial charge on any atom is 0.290 e. The lowest BCUT2D eigenvalue weighted by atomic mass is 10.4. The molecule has 10 heavy (non-hydrogen) atoms. The number of carbonyl (C=O) groups is 1. The third-order valence-corrected chi connectivity index (χ3v) is 0.629. The molecule has 0 aromatic carbocycles. The fourth-order valence-corrected chi connectivity index (χ4v) is 0.528. The number of nitrogens with zero attached hydrogens (tertiary/aromatic N) is 1. The number of hydrogen-bond acceptors (Lipinski definition) is 3. The van der Waals surface area contributed by atoms with Gasteiger partial charge in [0.05, 0.1) is 6.10 Å². The molecule has 0 aliphatic heterocycles. The number of aliphatic hydroxyl groups excluding tert-OH is 1. The third-order valence-electron chi connectivity index (χ3n) is 0.629. The van der Waals surface area contributed by atoms with Gasteiger partial charge in [-0.15, -0.1) is 0 Å². The van der Waals surface area contributed by atoms with Crippen LogP contribution in [0.5, 0.6) is 0 Å². The van der Waals surface area contributed by atoms with Crippen molar-refractivity contribution in [1.82, 2.24) is 4.90 Å². The first-order valence-corrected chi connectivity index (χ1v) is 2.95. The first kappa shape index (κ1) is 12.1. The minimum atomic E-state index is -0.250. The summed E-state index contributed by atoms with van der Waals surface area (Å²) in [5, 5.41) is 15.6. The zero-order valence-corrected chi connectivity index (χ0v) is 6.61. The standard InChI is InChI=1S/C5H13NO.CH2O2/c1-5(7)4-6(2)3;2-1-3/h5,7H,4H2,1-3H3;1H,(H,2,3). The molecule has 0 saturated carbocycles. The van der Waals surface area contributed by atoms with Gasteiger partial charge in [-0.3, -0.25) is 4.79 Å². The molecular weight excluding hydrogens is 134 g/mol. The van der Waals surface area contributed by atoms with Gasteiger partial charge in [0, 0.05) is 6.54 Å². The van der Waals surface area contributed by atoms with Crippen LogP contribution in [0.1, 0.15) is 6.92 Å². The molecule has 4 nitrogen and oxygen atoms in total. The largest absolute Gasteiger partial charge is 0.483 e. The first-order valence-electron chi connectivity index (χ1n) is 2.95. The summed E-state index contributed by atoms with van der Waals surface area (Å²) in [7, 11) is 3.87. The van der Waals surface area contributed by atoms with Crippen molar-refractivity contribution >= 4 is 6.47 Å². The summed E-state index contributed by atoms with van der Waals surface area (Å²) in [6.07, 6.45) is -0.199. The Morgan fingerprint density at radius 3 is 1.90 bits per heavy atom. The molecular formula is C6H15NO3. The van der Waals surface area contributed by atoms with Crippen LogP contribution < -0.4 is 0 Å². The molecule has 0 aliphatic rings. The Morgan fingerprint density at radius 1 is 1.60 bits per heavy atom. The predicted octanol–water partition coefficient (Wildman–Crippen LogP) is -0.370. The lowest BCUT2D eigenvalue weighted by Crippen LogP contribution is -2.22. The number of likely N-dealkylation sites (N-methyl/N-ethyl adjacent to an activating group) is 1. The van der Waals surface area contributed by atoms with Gasteiger partial charge >= 0.3 is 0 Å². The Kier molecular flexibility index (Phi) is 10.2. The predicted molar refractivity (Wildman–Crippen MR) is 38.9 cm³/mol. The van der Waals surface area contributed by atoms with Crippen LogP contribution in [0.2, 0.25) is 0 Å². The molecule has 1 atom stereocenters. The van der Waals surface area contributed by atoms with Crippen LogP contribution in [0.25, 0.3) is 0 Å². The molecule has 1 unspecified atom stereocenters. The van der Waals surface area contributed by atoms with Crippen molar-refractivity contribution in [3.8, 4) is 0 Å². The fourth-order valence-electron chi connectivity index (χ4n) is 0.528. The van der Waals surface area contributed by atoms with E-state index in [0.717, 1.165) is 6.54 Å². The number of aliphatic hydroxyl groups is 1.